The second-order valence-corrected chi connectivity index (χ2v) is 7.78. The van der Waals surface area contributed by atoms with E-state index in [-0.39, 0.29) is 17.7 Å². The molecule has 2 aromatic carbocycles. The quantitative estimate of drug-likeness (QED) is 0.282. The van der Waals surface area contributed by atoms with Crippen LogP contribution in [0.15, 0.2) is 57.0 Å². The van der Waals surface area contributed by atoms with Gasteiger partial charge in [-0.1, -0.05) is 38.8 Å². The molecule has 0 aromatic heterocycles. The lowest BCUT2D eigenvalue weighted by Gasteiger charge is -2.26. The van der Waals surface area contributed by atoms with E-state index in [9.17, 15) is 19.2 Å². The van der Waals surface area contributed by atoms with Crippen molar-refractivity contribution in [1.29, 1.82) is 0 Å². The molecular formula is C20H14Br2N2O5. The van der Waals surface area contributed by atoms with Crippen LogP contribution in [0.5, 0.6) is 5.75 Å². The summed E-state index contributed by atoms with van der Waals surface area (Å²) in [7, 11) is 0. The van der Waals surface area contributed by atoms with Crippen LogP contribution < -0.4 is 15.0 Å². The summed E-state index contributed by atoms with van der Waals surface area (Å²) in [6, 6.07) is 10.5. The van der Waals surface area contributed by atoms with Crippen molar-refractivity contribution in [2.45, 2.75) is 13.3 Å². The lowest BCUT2D eigenvalue weighted by molar-refractivity contribution is -0.134. The van der Waals surface area contributed by atoms with Gasteiger partial charge >= 0.3 is 12.0 Å². The highest BCUT2D eigenvalue weighted by atomic mass is 79.9. The molecular weight excluding hydrogens is 508 g/mol. The van der Waals surface area contributed by atoms with Gasteiger partial charge in [-0.25, -0.2) is 9.69 Å². The van der Waals surface area contributed by atoms with Gasteiger partial charge in [-0.2, -0.15) is 0 Å². The van der Waals surface area contributed by atoms with Crippen LogP contribution in [-0.4, -0.2) is 23.8 Å². The number of barbiturate groups is 1. The Kier molecular flexibility index (Phi) is 6.29. The van der Waals surface area contributed by atoms with Gasteiger partial charge in [0.15, 0.2) is 0 Å². The third-order valence-electron chi connectivity index (χ3n) is 3.97. The summed E-state index contributed by atoms with van der Waals surface area (Å²) in [5.41, 5.74) is 0.380. The largest absolute Gasteiger partial charge is 0.426 e. The van der Waals surface area contributed by atoms with Gasteiger partial charge in [-0.3, -0.25) is 19.7 Å². The number of imide groups is 2. The number of hydrogen-bond acceptors (Lipinski definition) is 5. The number of ether oxygens (including phenoxy) is 1. The van der Waals surface area contributed by atoms with E-state index in [1.54, 1.807) is 49.4 Å². The Morgan fingerprint density at radius 2 is 1.72 bits per heavy atom. The molecule has 0 unspecified atom stereocenters. The predicted molar refractivity (Wildman–Crippen MR) is 113 cm³/mol. The number of carbonyl (C=O) groups is 4. The van der Waals surface area contributed by atoms with Gasteiger partial charge in [0, 0.05) is 20.9 Å². The lowest BCUT2D eigenvalue weighted by atomic mass is 10.1. The van der Waals surface area contributed by atoms with Crippen molar-refractivity contribution >= 4 is 67.4 Å². The average molecular weight is 522 g/mol. The smallest absolute Gasteiger partial charge is 0.335 e. The van der Waals surface area contributed by atoms with Crippen molar-refractivity contribution in [2.24, 2.45) is 0 Å². The minimum atomic E-state index is -0.841. The van der Waals surface area contributed by atoms with Crippen molar-refractivity contribution in [3.05, 3.63) is 62.5 Å². The zero-order valence-electron chi connectivity index (χ0n) is 15.1. The van der Waals surface area contributed by atoms with Crippen molar-refractivity contribution in [3.8, 4) is 5.75 Å². The van der Waals surface area contributed by atoms with Crippen LogP contribution >= 0.6 is 31.9 Å². The fourth-order valence-electron chi connectivity index (χ4n) is 2.56. The number of benzene rings is 2. The van der Waals surface area contributed by atoms with Crippen LogP contribution in [0.25, 0.3) is 6.08 Å². The molecule has 1 saturated heterocycles. The maximum absolute atomic E-state index is 13.0. The number of rotatable bonds is 4. The van der Waals surface area contributed by atoms with Crippen LogP contribution in [-0.2, 0) is 14.4 Å². The Balaban J connectivity index is 2.04. The van der Waals surface area contributed by atoms with E-state index in [1.807, 2.05) is 0 Å². The van der Waals surface area contributed by atoms with Crippen molar-refractivity contribution in [1.82, 2.24) is 5.32 Å². The van der Waals surface area contributed by atoms with Gasteiger partial charge in [0.2, 0.25) is 0 Å². The first-order valence-electron chi connectivity index (χ1n) is 8.47. The molecule has 2 aromatic rings. The summed E-state index contributed by atoms with van der Waals surface area (Å²) < 4.78 is 6.70. The first-order chi connectivity index (χ1) is 13.8. The van der Waals surface area contributed by atoms with Crippen LogP contribution in [0, 0.1) is 0 Å². The molecule has 0 bridgehead atoms. The third kappa shape index (κ3) is 4.63. The normalized spacial score (nSPS) is 15.5. The first kappa shape index (κ1) is 20.9. The van der Waals surface area contributed by atoms with E-state index < -0.39 is 23.8 Å². The maximum Gasteiger partial charge on any atom is 0.335 e. The van der Waals surface area contributed by atoms with Gasteiger partial charge < -0.3 is 4.74 Å². The number of carbonyl (C=O) groups excluding carboxylic acids is 4. The van der Waals surface area contributed by atoms with Crippen LogP contribution in [0.2, 0.25) is 0 Å². The molecule has 0 atom stereocenters. The minimum absolute atomic E-state index is 0.164. The highest BCUT2D eigenvalue weighted by molar-refractivity contribution is 9.10. The highest BCUT2D eigenvalue weighted by Crippen LogP contribution is 2.28. The van der Waals surface area contributed by atoms with Crippen LogP contribution in [0.1, 0.15) is 18.9 Å². The van der Waals surface area contributed by atoms with Gasteiger partial charge in [-0.05, 0) is 48.5 Å². The van der Waals surface area contributed by atoms with Crippen LogP contribution in [0.4, 0.5) is 10.5 Å². The Morgan fingerprint density at radius 1 is 1.07 bits per heavy atom. The Hall–Kier alpha value is -2.78. The number of halogens is 2. The molecule has 29 heavy (non-hydrogen) atoms. The highest BCUT2D eigenvalue weighted by Gasteiger charge is 2.37. The molecule has 0 aliphatic carbocycles. The second kappa shape index (κ2) is 8.71. The second-order valence-electron chi connectivity index (χ2n) is 5.94. The molecule has 7 nitrogen and oxygen atoms in total. The molecule has 1 N–H and O–H groups in total. The van der Waals surface area contributed by atoms with E-state index in [2.05, 4.69) is 37.2 Å². The summed E-state index contributed by atoms with van der Waals surface area (Å²) >= 11 is 6.61. The number of esters is 1. The lowest BCUT2D eigenvalue weighted by Crippen LogP contribution is -2.54. The maximum atomic E-state index is 13.0. The molecule has 0 radical (unpaired) electrons. The molecule has 148 valence electrons. The van der Waals surface area contributed by atoms with Crippen molar-refractivity contribution in [3.63, 3.8) is 0 Å². The summed E-state index contributed by atoms with van der Waals surface area (Å²) in [5.74, 6) is -1.88. The number of nitrogens with zero attached hydrogens (tertiary/aromatic N) is 1. The molecule has 1 fully saturated rings. The number of hydrogen-bond donors (Lipinski definition) is 1. The Morgan fingerprint density at radius 3 is 2.38 bits per heavy atom. The Labute approximate surface area is 183 Å². The summed E-state index contributed by atoms with van der Waals surface area (Å²) in [5, 5.41) is 2.16. The minimum Gasteiger partial charge on any atom is -0.426 e. The molecule has 1 aliphatic heterocycles. The molecule has 0 saturated carbocycles. The van der Waals surface area contributed by atoms with E-state index in [1.165, 1.54) is 6.08 Å². The van der Waals surface area contributed by atoms with E-state index in [4.69, 9.17) is 4.74 Å². The molecule has 9 heteroatoms. The summed E-state index contributed by atoms with van der Waals surface area (Å²) in [4.78, 5) is 50.1. The first-order valence-corrected chi connectivity index (χ1v) is 10.1. The van der Waals surface area contributed by atoms with Gasteiger partial charge in [0.1, 0.15) is 11.3 Å². The number of anilines is 1. The average Bonchev–Trinajstić information content (AvgIpc) is 2.68. The van der Waals surface area contributed by atoms with E-state index in [0.29, 0.717) is 15.7 Å². The third-order valence-corrected chi connectivity index (χ3v) is 4.99. The Bertz CT molecular complexity index is 1050. The van der Waals surface area contributed by atoms with Crippen LogP contribution in [0.3, 0.4) is 0 Å². The zero-order chi connectivity index (χ0) is 21.1. The summed E-state index contributed by atoms with van der Waals surface area (Å²) in [6.45, 7) is 1.65. The monoisotopic (exact) mass is 520 g/mol. The summed E-state index contributed by atoms with van der Waals surface area (Å²) in [6.07, 6.45) is 1.45. The topological polar surface area (TPSA) is 92.8 Å². The number of urea groups is 1. The molecule has 1 heterocycles. The van der Waals surface area contributed by atoms with E-state index in [0.717, 1.165) is 9.37 Å². The van der Waals surface area contributed by atoms with E-state index >= 15 is 0 Å². The molecule has 3 rings (SSSR count). The zero-order valence-corrected chi connectivity index (χ0v) is 18.2. The number of nitrogens with one attached hydrogen (secondary N) is 1. The standard InChI is InChI=1S/C20H14Br2N2O5/c1-2-17(25)29-16-8-5-13(22)9-11(16)10-15-18(26)23-20(28)24(19(15)27)14-6-3-12(21)4-7-14/h3-10H,2H2,1H3,(H,23,26,28)/b15-10-. The molecule has 4 amide bonds. The SMILES string of the molecule is CCC(=O)Oc1ccc(Br)cc1/C=C1/C(=O)NC(=O)N(c2ccc(Br)cc2)C1=O. The predicted octanol–water partition coefficient (Wildman–Crippen LogP) is 4.19. The molecule has 1 aliphatic rings. The molecule has 0 spiro atoms. The van der Waals surface area contributed by atoms with Gasteiger partial charge in [-0.15, -0.1) is 0 Å². The number of amides is 4. The van der Waals surface area contributed by atoms with Crippen molar-refractivity contribution < 1.29 is 23.9 Å². The van der Waals surface area contributed by atoms with Gasteiger partial charge in [0.05, 0.1) is 5.69 Å². The fourth-order valence-corrected chi connectivity index (χ4v) is 3.20. The fraction of sp³-hybridized carbons (Fsp3) is 0.100. The van der Waals surface area contributed by atoms with Crippen molar-refractivity contribution in [2.75, 3.05) is 4.90 Å². The van der Waals surface area contributed by atoms with Gasteiger partial charge in [0.25, 0.3) is 11.8 Å².